The van der Waals surface area contributed by atoms with Gasteiger partial charge in [-0.2, -0.15) is 11.8 Å². The number of aliphatic carboxylic acids is 1. The van der Waals surface area contributed by atoms with Gasteiger partial charge in [0.2, 0.25) is 0 Å². The third-order valence-electron chi connectivity index (χ3n) is 5.10. The maximum Gasteiger partial charge on any atom is 0.304 e. The Morgan fingerprint density at radius 3 is 2.80 bits per heavy atom. The van der Waals surface area contributed by atoms with Gasteiger partial charge in [0, 0.05) is 30.1 Å². The second-order valence-corrected chi connectivity index (χ2v) is 8.11. The van der Waals surface area contributed by atoms with Crippen LogP contribution in [0.5, 0.6) is 0 Å². The summed E-state index contributed by atoms with van der Waals surface area (Å²) in [7, 11) is 0. The lowest BCUT2D eigenvalue weighted by molar-refractivity contribution is -0.138. The highest BCUT2D eigenvalue weighted by atomic mass is 32.2. The van der Waals surface area contributed by atoms with E-state index in [9.17, 15) is 9.90 Å². The van der Waals surface area contributed by atoms with Crippen molar-refractivity contribution in [3.05, 3.63) is 0 Å². The molecule has 20 heavy (non-hydrogen) atoms. The Hall–Kier alpha value is -0.220. The van der Waals surface area contributed by atoms with Crippen LogP contribution in [0, 0.1) is 17.8 Å². The number of carbonyl (C=O) groups is 1. The zero-order valence-corrected chi connectivity index (χ0v) is 13.9. The SMILES string of the molecule is CC1CCC(C(C)C)C(N2CCSCC2CC(=O)O)C1. The smallest absolute Gasteiger partial charge is 0.304 e. The van der Waals surface area contributed by atoms with Crippen molar-refractivity contribution in [2.75, 3.05) is 18.1 Å². The molecule has 2 fully saturated rings. The van der Waals surface area contributed by atoms with Crippen LogP contribution in [0.1, 0.15) is 46.5 Å². The van der Waals surface area contributed by atoms with Gasteiger partial charge in [0.1, 0.15) is 0 Å². The number of thioether (sulfide) groups is 1. The van der Waals surface area contributed by atoms with Crippen LogP contribution in [0.25, 0.3) is 0 Å². The Bertz CT molecular complexity index is 334. The van der Waals surface area contributed by atoms with Crippen molar-refractivity contribution in [3.8, 4) is 0 Å². The molecule has 0 amide bonds. The fourth-order valence-electron chi connectivity index (χ4n) is 4.02. The number of hydrogen-bond acceptors (Lipinski definition) is 3. The number of carboxylic acid groups (broad SMARTS) is 1. The van der Waals surface area contributed by atoms with Crippen LogP contribution in [-0.4, -0.2) is 46.1 Å². The molecule has 1 aliphatic heterocycles. The molecule has 2 rings (SSSR count). The molecule has 0 aromatic carbocycles. The van der Waals surface area contributed by atoms with Gasteiger partial charge in [-0.25, -0.2) is 0 Å². The van der Waals surface area contributed by atoms with Gasteiger partial charge in [-0.05, 0) is 30.6 Å². The van der Waals surface area contributed by atoms with Gasteiger partial charge in [0.25, 0.3) is 0 Å². The summed E-state index contributed by atoms with van der Waals surface area (Å²) in [6, 6.07) is 0.840. The Morgan fingerprint density at radius 1 is 1.40 bits per heavy atom. The van der Waals surface area contributed by atoms with Crippen LogP contribution in [0.15, 0.2) is 0 Å². The van der Waals surface area contributed by atoms with Gasteiger partial charge in [-0.3, -0.25) is 9.69 Å². The summed E-state index contributed by atoms with van der Waals surface area (Å²) in [5.74, 6) is 3.73. The first-order valence-electron chi connectivity index (χ1n) is 8.04. The summed E-state index contributed by atoms with van der Waals surface area (Å²) >= 11 is 1.92. The molecule has 0 aromatic rings. The Morgan fingerprint density at radius 2 is 2.15 bits per heavy atom. The summed E-state index contributed by atoms with van der Waals surface area (Å²) in [5, 5.41) is 9.17. The van der Waals surface area contributed by atoms with Gasteiger partial charge < -0.3 is 5.11 Å². The highest BCUT2D eigenvalue weighted by Crippen LogP contribution is 2.38. The van der Waals surface area contributed by atoms with Crippen molar-refractivity contribution in [3.63, 3.8) is 0 Å². The minimum Gasteiger partial charge on any atom is -0.481 e. The second-order valence-electron chi connectivity index (χ2n) is 6.96. The predicted octanol–water partition coefficient (Wildman–Crippen LogP) is 3.34. The largest absolute Gasteiger partial charge is 0.481 e. The van der Waals surface area contributed by atoms with Gasteiger partial charge in [-0.1, -0.05) is 27.2 Å². The zero-order chi connectivity index (χ0) is 14.7. The second kappa shape index (κ2) is 7.17. The molecule has 4 atom stereocenters. The molecule has 0 radical (unpaired) electrons. The van der Waals surface area contributed by atoms with E-state index in [1.807, 2.05) is 11.8 Å². The average molecular weight is 299 g/mol. The molecule has 0 aromatic heterocycles. The predicted molar refractivity (Wildman–Crippen MR) is 85.2 cm³/mol. The standard InChI is InChI=1S/C16H29NO2S/c1-11(2)14-5-4-12(3)8-15(14)17-6-7-20-10-13(17)9-16(18)19/h11-15H,4-10H2,1-3H3,(H,18,19). The molecule has 3 nitrogen and oxygen atoms in total. The number of carboxylic acids is 1. The molecule has 4 unspecified atom stereocenters. The van der Waals surface area contributed by atoms with Crippen molar-refractivity contribution < 1.29 is 9.90 Å². The summed E-state index contributed by atoms with van der Waals surface area (Å²) in [6.45, 7) is 8.09. The molecule has 116 valence electrons. The lowest BCUT2D eigenvalue weighted by Crippen LogP contribution is -2.54. The zero-order valence-electron chi connectivity index (χ0n) is 13.0. The number of hydrogen-bond donors (Lipinski definition) is 1. The summed E-state index contributed by atoms with van der Waals surface area (Å²) in [5.41, 5.74) is 0. The first-order chi connectivity index (χ1) is 9.49. The quantitative estimate of drug-likeness (QED) is 0.864. The van der Waals surface area contributed by atoms with Gasteiger partial charge in [0.05, 0.1) is 6.42 Å². The number of nitrogens with zero attached hydrogens (tertiary/aromatic N) is 1. The topological polar surface area (TPSA) is 40.5 Å². The lowest BCUT2D eigenvalue weighted by atomic mass is 9.73. The van der Waals surface area contributed by atoms with Crippen LogP contribution >= 0.6 is 11.8 Å². The first kappa shape index (κ1) is 16.2. The van der Waals surface area contributed by atoms with Crippen molar-refractivity contribution in [1.82, 2.24) is 4.90 Å². The van der Waals surface area contributed by atoms with Crippen molar-refractivity contribution in [1.29, 1.82) is 0 Å². The van der Waals surface area contributed by atoms with Crippen LogP contribution in [0.2, 0.25) is 0 Å². The van der Waals surface area contributed by atoms with E-state index < -0.39 is 5.97 Å². The summed E-state index contributed by atoms with van der Waals surface area (Å²) in [6.07, 6.45) is 4.21. The Labute approximate surface area is 127 Å². The Kier molecular flexibility index (Phi) is 5.79. The van der Waals surface area contributed by atoms with Crippen LogP contribution < -0.4 is 0 Å². The van der Waals surface area contributed by atoms with Crippen LogP contribution in [0.4, 0.5) is 0 Å². The van der Waals surface area contributed by atoms with Crippen molar-refractivity contribution in [2.24, 2.45) is 17.8 Å². The maximum absolute atomic E-state index is 11.1. The molecule has 0 spiro atoms. The van der Waals surface area contributed by atoms with E-state index in [2.05, 4.69) is 25.7 Å². The third kappa shape index (κ3) is 3.91. The molecular formula is C16H29NO2S. The Balaban J connectivity index is 2.12. The van der Waals surface area contributed by atoms with Gasteiger partial charge in [0.15, 0.2) is 0 Å². The molecule has 0 bridgehead atoms. The molecule has 1 aliphatic carbocycles. The van der Waals surface area contributed by atoms with Crippen LogP contribution in [0.3, 0.4) is 0 Å². The minimum atomic E-state index is -0.646. The normalized spacial score (nSPS) is 36.2. The fraction of sp³-hybridized carbons (Fsp3) is 0.938. The van der Waals surface area contributed by atoms with Crippen LogP contribution in [-0.2, 0) is 4.79 Å². The minimum absolute atomic E-state index is 0.239. The summed E-state index contributed by atoms with van der Waals surface area (Å²) in [4.78, 5) is 13.7. The van der Waals surface area contributed by atoms with E-state index in [0.717, 1.165) is 29.9 Å². The van der Waals surface area contributed by atoms with Crippen molar-refractivity contribution >= 4 is 17.7 Å². The van der Waals surface area contributed by atoms with E-state index in [0.29, 0.717) is 18.4 Å². The third-order valence-corrected chi connectivity index (χ3v) is 6.19. The lowest BCUT2D eigenvalue weighted by Gasteiger charge is -2.48. The van der Waals surface area contributed by atoms with Gasteiger partial charge in [-0.15, -0.1) is 0 Å². The molecule has 1 N–H and O–H groups in total. The molecule has 2 aliphatic rings. The van der Waals surface area contributed by atoms with E-state index in [-0.39, 0.29) is 6.04 Å². The molecule has 1 saturated carbocycles. The van der Waals surface area contributed by atoms with Crippen molar-refractivity contribution in [2.45, 2.75) is 58.5 Å². The van der Waals surface area contributed by atoms with E-state index in [1.165, 1.54) is 19.3 Å². The van der Waals surface area contributed by atoms with Gasteiger partial charge >= 0.3 is 5.97 Å². The van der Waals surface area contributed by atoms with E-state index in [4.69, 9.17) is 0 Å². The molecular weight excluding hydrogens is 270 g/mol. The highest BCUT2D eigenvalue weighted by molar-refractivity contribution is 7.99. The van der Waals surface area contributed by atoms with E-state index in [1.54, 1.807) is 0 Å². The average Bonchev–Trinajstić information content (AvgIpc) is 2.38. The van der Waals surface area contributed by atoms with E-state index >= 15 is 0 Å². The fourth-order valence-corrected chi connectivity index (χ4v) is 5.10. The maximum atomic E-state index is 11.1. The molecule has 4 heteroatoms. The first-order valence-corrected chi connectivity index (χ1v) is 9.19. The molecule has 1 heterocycles. The number of rotatable bonds is 4. The monoisotopic (exact) mass is 299 g/mol. The molecule has 1 saturated heterocycles. The highest BCUT2D eigenvalue weighted by Gasteiger charge is 2.38. The summed E-state index contributed by atoms with van der Waals surface area (Å²) < 4.78 is 0.